The summed E-state index contributed by atoms with van der Waals surface area (Å²) >= 11 is 2.01. The van der Waals surface area contributed by atoms with Crippen molar-refractivity contribution < 1.29 is 5.11 Å². The molecule has 0 aromatic heterocycles. The molecule has 2 atom stereocenters. The molecule has 0 aromatic rings. The van der Waals surface area contributed by atoms with E-state index in [0.717, 1.165) is 0 Å². The van der Waals surface area contributed by atoms with Crippen LogP contribution in [0.1, 0.15) is 19.8 Å². The first-order valence-electron chi connectivity index (χ1n) is 5.68. The Kier molecular flexibility index (Phi) is 5.39. The van der Waals surface area contributed by atoms with Crippen molar-refractivity contribution in [3.8, 4) is 0 Å². The third-order valence-corrected chi connectivity index (χ3v) is 3.80. The quantitative estimate of drug-likeness (QED) is 0.734. The normalized spacial score (nSPS) is 26.6. The molecule has 0 amide bonds. The van der Waals surface area contributed by atoms with Gasteiger partial charge in [-0.15, -0.1) is 0 Å². The highest BCUT2D eigenvalue weighted by atomic mass is 32.2. The van der Waals surface area contributed by atoms with Crippen molar-refractivity contribution in [2.45, 2.75) is 31.4 Å². The Labute approximate surface area is 97.6 Å². The molecule has 1 aliphatic rings. The number of thioether (sulfide) groups is 1. The van der Waals surface area contributed by atoms with Gasteiger partial charge in [-0.25, -0.2) is 0 Å². The smallest absolute Gasteiger partial charge is 0.0869 e. The van der Waals surface area contributed by atoms with Crippen LogP contribution in [0.25, 0.3) is 0 Å². The number of rotatable bonds is 5. The maximum atomic E-state index is 10.1. The van der Waals surface area contributed by atoms with E-state index in [4.69, 9.17) is 0 Å². The summed E-state index contributed by atoms with van der Waals surface area (Å²) in [5, 5.41) is 13.6. The van der Waals surface area contributed by atoms with E-state index >= 15 is 0 Å². The van der Waals surface area contributed by atoms with E-state index in [1.165, 1.54) is 24.3 Å². The van der Waals surface area contributed by atoms with Crippen LogP contribution in [0.3, 0.4) is 0 Å². The van der Waals surface area contributed by atoms with Gasteiger partial charge in [0, 0.05) is 24.9 Å². The highest BCUT2D eigenvalue weighted by molar-refractivity contribution is 7.99. The number of hydrogen-bond donors (Lipinski definition) is 2. The highest BCUT2D eigenvalue weighted by Gasteiger charge is 2.23. The summed E-state index contributed by atoms with van der Waals surface area (Å²) in [4.78, 5) is 2.03. The van der Waals surface area contributed by atoms with Crippen LogP contribution in [0.2, 0.25) is 0 Å². The van der Waals surface area contributed by atoms with Crippen LogP contribution in [0.15, 0.2) is 0 Å². The van der Waals surface area contributed by atoms with Crippen LogP contribution in [0, 0.1) is 0 Å². The molecule has 0 spiro atoms. The van der Waals surface area contributed by atoms with E-state index in [2.05, 4.69) is 5.32 Å². The molecular weight excluding hydrogens is 208 g/mol. The van der Waals surface area contributed by atoms with E-state index in [1.54, 1.807) is 0 Å². The first-order chi connectivity index (χ1) is 6.99. The topological polar surface area (TPSA) is 35.5 Å². The zero-order chi connectivity index (χ0) is 11.3. The van der Waals surface area contributed by atoms with Gasteiger partial charge in [0.25, 0.3) is 0 Å². The third kappa shape index (κ3) is 5.76. The molecule has 90 valence electrons. The second kappa shape index (κ2) is 6.09. The van der Waals surface area contributed by atoms with Crippen LogP contribution in [-0.2, 0) is 0 Å². The van der Waals surface area contributed by atoms with Gasteiger partial charge in [0.15, 0.2) is 0 Å². The molecule has 1 rings (SSSR count). The Bertz CT molecular complexity index is 179. The number of nitrogens with zero attached hydrogens (tertiary/aromatic N) is 1. The number of nitrogens with one attached hydrogen (secondary N) is 1. The van der Waals surface area contributed by atoms with E-state index in [1.807, 2.05) is 37.7 Å². The van der Waals surface area contributed by atoms with Crippen molar-refractivity contribution in [3.05, 3.63) is 0 Å². The standard InChI is InChI=1S/C11H24N2OS/c1-11(14,9-13(2)3)8-12-10-5-4-6-15-7-10/h10,12,14H,4-9H2,1-3H3. The highest BCUT2D eigenvalue weighted by Crippen LogP contribution is 2.17. The minimum Gasteiger partial charge on any atom is -0.388 e. The van der Waals surface area contributed by atoms with Crippen LogP contribution < -0.4 is 5.32 Å². The zero-order valence-corrected chi connectivity index (χ0v) is 10.9. The monoisotopic (exact) mass is 232 g/mol. The first-order valence-corrected chi connectivity index (χ1v) is 6.83. The average Bonchev–Trinajstić information content (AvgIpc) is 2.15. The van der Waals surface area contributed by atoms with Crippen molar-refractivity contribution in [1.82, 2.24) is 10.2 Å². The fourth-order valence-electron chi connectivity index (χ4n) is 2.00. The lowest BCUT2D eigenvalue weighted by molar-refractivity contribution is 0.0316. The molecular formula is C11H24N2OS. The summed E-state index contributed by atoms with van der Waals surface area (Å²) in [5.74, 6) is 2.49. The summed E-state index contributed by atoms with van der Waals surface area (Å²) in [7, 11) is 3.98. The lowest BCUT2D eigenvalue weighted by atomic mass is 10.1. The molecule has 2 unspecified atom stereocenters. The first kappa shape index (κ1) is 13.3. The minimum atomic E-state index is -0.619. The van der Waals surface area contributed by atoms with Gasteiger partial charge in [-0.2, -0.15) is 11.8 Å². The maximum absolute atomic E-state index is 10.1. The van der Waals surface area contributed by atoms with Crippen molar-refractivity contribution in [2.24, 2.45) is 0 Å². The van der Waals surface area contributed by atoms with Crippen LogP contribution in [-0.4, -0.2) is 60.3 Å². The van der Waals surface area contributed by atoms with Crippen molar-refractivity contribution in [2.75, 3.05) is 38.7 Å². The molecule has 0 saturated carbocycles. The third-order valence-electron chi connectivity index (χ3n) is 2.59. The van der Waals surface area contributed by atoms with Gasteiger partial charge in [-0.05, 0) is 39.6 Å². The Hall–Kier alpha value is 0.230. The van der Waals surface area contributed by atoms with Crippen molar-refractivity contribution >= 4 is 11.8 Å². The summed E-state index contributed by atoms with van der Waals surface area (Å²) < 4.78 is 0. The van der Waals surface area contributed by atoms with E-state index in [0.29, 0.717) is 19.1 Å². The van der Waals surface area contributed by atoms with Crippen LogP contribution >= 0.6 is 11.8 Å². The predicted octanol–water partition coefficient (Wildman–Crippen LogP) is 0.784. The minimum absolute atomic E-state index is 0.595. The van der Waals surface area contributed by atoms with Gasteiger partial charge in [0.1, 0.15) is 0 Å². The summed E-state index contributed by atoms with van der Waals surface area (Å²) in [6.07, 6.45) is 2.56. The molecule has 0 bridgehead atoms. The van der Waals surface area contributed by atoms with E-state index in [9.17, 15) is 5.11 Å². The molecule has 3 nitrogen and oxygen atoms in total. The summed E-state index contributed by atoms with van der Waals surface area (Å²) in [6.45, 7) is 3.30. The van der Waals surface area contributed by atoms with E-state index < -0.39 is 5.60 Å². The van der Waals surface area contributed by atoms with Crippen molar-refractivity contribution in [3.63, 3.8) is 0 Å². The Morgan fingerprint density at radius 3 is 2.80 bits per heavy atom. The van der Waals surface area contributed by atoms with Gasteiger partial charge >= 0.3 is 0 Å². The number of hydrogen-bond acceptors (Lipinski definition) is 4. The largest absolute Gasteiger partial charge is 0.388 e. The van der Waals surface area contributed by atoms with Crippen LogP contribution in [0.4, 0.5) is 0 Å². The number of aliphatic hydroxyl groups is 1. The molecule has 15 heavy (non-hydrogen) atoms. The second-order valence-electron chi connectivity index (χ2n) is 5.03. The average molecular weight is 232 g/mol. The predicted molar refractivity (Wildman–Crippen MR) is 67.5 cm³/mol. The molecule has 0 aliphatic carbocycles. The molecule has 0 aromatic carbocycles. The van der Waals surface area contributed by atoms with Crippen LogP contribution in [0.5, 0.6) is 0 Å². The summed E-state index contributed by atoms with van der Waals surface area (Å²) in [5.41, 5.74) is -0.619. The van der Waals surface area contributed by atoms with E-state index in [-0.39, 0.29) is 0 Å². The Balaban J connectivity index is 2.21. The summed E-state index contributed by atoms with van der Waals surface area (Å²) in [6, 6.07) is 0.595. The maximum Gasteiger partial charge on any atom is 0.0869 e. The fourth-order valence-corrected chi connectivity index (χ4v) is 3.11. The SMILES string of the molecule is CN(C)CC(C)(O)CNC1CCCSC1. The molecule has 1 aliphatic heterocycles. The van der Waals surface area contributed by atoms with Gasteiger partial charge in [0.2, 0.25) is 0 Å². The molecule has 1 saturated heterocycles. The number of likely N-dealkylation sites (N-methyl/N-ethyl adjacent to an activating group) is 1. The zero-order valence-electron chi connectivity index (χ0n) is 10.1. The Morgan fingerprint density at radius 1 is 1.53 bits per heavy atom. The molecule has 1 heterocycles. The fraction of sp³-hybridized carbons (Fsp3) is 1.00. The van der Waals surface area contributed by atoms with Gasteiger partial charge < -0.3 is 15.3 Å². The van der Waals surface area contributed by atoms with Gasteiger partial charge in [-0.3, -0.25) is 0 Å². The molecule has 1 fully saturated rings. The van der Waals surface area contributed by atoms with Crippen molar-refractivity contribution in [1.29, 1.82) is 0 Å². The lowest BCUT2D eigenvalue weighted by Gasteiger charge is -2.30. The molecule has 2 N–H and O–H groups in total. The van der Waals surface area contributed by atoms with Gasteiger partial charge in [0.05, 0.1) is 5.60 Å². The second-order valence-corrected chi connectivity index (χ2v) is 6.18. The lowest BCUT2D eigenvalue weighted by Crippen LogP contribution is -2.49. The molecule has 4 heteroatoms. The molecule has 0 radical (unpaired) electrons. The van der Waals surface area contributed by atoms with Gasteiger partial charge in [-0.1, -0.05) is 0 Å². The Morgan fingerprint density at radius 2 is 2.27 bits per heavy atom.